The van der Waals surface area contributed by atoms with E-state index in [0.29, 0.717) is 17.4 Å². The molecule has 0 heterocycles. The van der Waals surface area contributed by atoms with Crippen LogP contribution in [0.3, 0.4) is 0 Å². The Hall–Kier alpha value is -0.910. The molecule has 0 bridgehead atoms. The first kappa shape index (κ1) is 14.5. The lowest BCUT2D eigenvalue weighted by molar-refractivity contribution is 0.282. The summed E-state index contributed by atoms with van der Waals surface area (Å²) in [6.07, 6.45) is 1.97. The highest BCUT2D eigenvalue weighted by atomic mass is 32.2. The number of hydrogen-bond donors (Lipinski definition) is 2. The second kappa shape index (κ2) is 5.61. The van der Waals surface area contributed by atoms with E-state index in [1.54, 1.807) is 12.1 Å². The molecule has 0 radical (unpaired) electrons. The number of benzene rings is 1. The van der Waals surface area contributed by atoms with E-state index < -0.39 is 10.0 Å². The van der Waals surface area contributed by atoms with Gasteiger partial charge in [0.15, 0.2) is 0 Å². The fraction of sp³-hybridized carbons (Fsp3) is 0.571. The second-order valence-corrected chi connectivity index (χ2v) is 7.16. The molecule has 1 saturated carbocycles. The number of hydrogen-bond acceptors (Lipinski definition) is 3. The fourth-order valence-corrected chi connectivity index (χ4v) is 3.93. The third-order valence-corrected chi connectivity index (χ3v) is 5.69. The van der Waals surface area contributed by atoms with Crippen molar-refractivity contribution >= 4 is 10.0 Å². The van der Waals surface area contributed by atoms with Crippen LogP contribution in [0.2, 0.25) is 0 Å². The van der Waals surface area contributed by atoms with Gasteiger partial charge in [-0.25, -0.2) is 13.1 Å². The number of nitrogens with one attached hydrogen (secondary N) is 1. The molecule has 1 aromatic carbocycles. The average Bonchev–Trinajstić information content (AvgIpc) is 2.70. The highest BCUT2D eigenvalue weighted by Gasteiger charge is 2.32. The van der Waals surface area contributed by atoms with Gasteiger partial charge in [-0.2, -0.15) is 0 Å². The predicted octanol–water partition coefficient (Wildman–Crippen LogP) is 1.89. The molecule has 0 amide bonds. The van der Waals surface area contributed by atoms with E-state index in [0.717, 1.165) is 12.8 Å². The number of aliphatic hydroxyl groups excluding tert-OH is 1. The minimum Gasteiger partial charge on any atom is -0.392 e. The Morgan fingerprint density at radius 3 is 2.32 bits per heavy atom. The molecule has 0 aliphatic heterocycles. The molecule has 3 unspecified atom stereocenters. The molecular weight excluding hydrogens is 262 g/mol. The summed E-state index contributed by atoms with van der Waals surface area (Å²) in [4.78, 5) is 0.261. The Balaban J connectivity index is 2.13. The molecule has 0 saturated heterocycles. The molecule has 0 aromatic heterocycles. The maximum absolute atomic E-state index is 12.3. The minimum atomic E-state index is -3.46. The molecule has 0 spiro atoms. The van der Waals surface area contributed by atoms with Crippen molar-refractivity contribution in [3.8, 4) is 0 Å². The first-order chi connectivity index (χ1) is 8.94. The summed E-state index contributed by atoms with van der Waals surface area (Å²) in [5.74, 6) is 0.927. The van der Waals surface area contributed by atoms with Gasteiger partial charge in [0.05, 0.1) is 11.5 Å². The lowest BCUT2D eigenvalue weighted by Gasteiger charge is -2.19. The van der Waals surface area contributed by atoms with Crippen LogP contribution in [0.25, 0.3) is 0 Å². The third kappa shape index (κ3) is 3.16. The maximum Gasteiger partial charge on any atom is 0.240 e. The van der Waals surface area contributed by atoms with Gasteiger partial charge in [0.2, 0.25) is 10.0 Å². The smallest absolute Gasteiger partial charge is 0.240 e. The Labute approximate surface area is 114 Å². The van der Waals surface area contributed by atoms with Gasteiger partial charge < -0.3 is 5.11 Å². The largest absolute Gasteiger partial charge is 0.392 e. The Morgan fingerprint density at radius 2 is 1.84 bits per heavy atom. The van der Waals surface area contributed by atoms with Crippen molar-refractivity contribution in [2.24, 2.45) is 11.8 Å². The number of sulfonamides is 1. The van der Waals surface area contributed by atoms with Gasteiger partial charge in [-0.1, -0.05) is 26.0 Å². The van der Waals surface area contributed by atoms with Gasteiger partial charge in [-0.3, -0.25) is 0 Å². The van der Waals surface area contributed by atoms with Crippen molar-refractivity contribution < 1.29 is 13.5 Å². The van der Waals surface area contributed by atoms with Crippen LogP contribution < -0.4 is 4.72 Å². The van der Waals surface area contributed by atoms with Crippen LogP contribution in [0.4, 0.5) is 0 Å². The summed E-state index contributed by atoms with van der Waals surface area (Å²) in [5, 5.41) is 8.96. The zero-order valence-corrected chi connectivity index (χ0v) is 12.2. The topological polar surface area (TPSA) is 66.4 Å². The number of rotatable bonds is 4. The molecule has 3 atom stereocenters. The SMILES string of the molecule is CC1CCC(NS(=O)(=O)c2ccc(CO)cc2)C1C. The van der Waals surface area contributed by atoms with Crippen molar-refractivity contribution in [3.63, 3.8) is 0 Å². The Kier molecular flexibility index (Phi) is 4.28. The summed E-state index contributed by atoms with van der Waals surface area (Å²) in [7, 11) is -3.46. The summed E-state index contributed by atoms with van der Waals surface area (Å²) in [6, 6.07) is 6.37. The molecule has 1 aliphatic rings. The van der Waals surface area contributed by atoms with Crippen LogP contribution in [-0.4, -0.2) is 19.6 Å². The van der Waals surface area contributed by atoms with Crippen LogP contribution in [0, 0.1) is 11.8 Å². The molecule has 2 rings (SSSR count). The van der Waals surface area contributed by atoms with E-state index in [1.165, 1.54) is 12.1 Å². The molecule has 1 aromatic rings. The van der Waals surface area contributed by atoms with E-state index >= 15 is 0 Å². The molecule has 1 aliphatic carbocycles. The Morgan fingerprint density at radius 1 is 1.21 bits per heavy atom. The quantitative estimate of drug-likeness (QED) is 0.887. The number of aliphatic hydroxyl groups is 1. The first-order valence-corrected chi connectivity index (χ1v) is 8.14. The lowest BCUT2D eigenvalue weighted by Crippen LogP contribution is -2.37. The average molecular weight is 283 g/mol. The molecule has 1 fully saturated rings. The summed E-state index contributed by atoms with van der Waals surface area (Å²) >= 11 is 0. The van der Waals surface area contributed by atoms with E-state index in [9.17, 15) is 8.42 Å². The van der Waals surface area contributed by atoms with Crippen LogP contribution in [-0.2, 0) is 16.6 Å². The van der Waals surface area contributed by atoms with E-state index in [4.69, 9.17) is 5.11 Å². The van der Waals surface area contributed by atoms with Gasteiger partial charge in [-0.15, -0.1) is 0 Å². The van der Waals surface area contributed by atoms with Gasteiger partial charge in [0.25, 0.3) is 0 Å². The monoisotopic (exact) mass is 283 g/mol. The molecule has 106 valence electrons. The molecule has 2 N–H and O–H groups in total. The maximum atomic E-state index is 12.3. The van der Waals surface area contributed by atoms with E-state index in [1.807, 2.05) is 0 Å². The molecule has 4 nitrogen and oxygen atoms in total. The van der Waals surface area contributed by atoms with Gasteiger partial charge in [0, 0.05) is 6.04 Å². The minimum absolute atomic E-state index is 0.0255. The van der Waals surface area contributed by atoms with Gasteiger partial charge in [-0.05, 0) is 42.4 Å². The zero-order chi connectivity index (χ0) is 14.0. The van der Waals surface area contributed by atoms with Gasteiger partial charge >= 0.3 is 0 Å². The fourth-order valence-electron chi connectivity index (χ4n) is 2.57. The highest BCUT2D eigenvalue weighted by Crippen LogP contribution is 2.32. The normalized spacial score (nSPS) is 27.6. The highest BCUT2D eigenvalue weighted by molar-refractivity contribution is 7.89. The van der Waals surface area contributed by atoms with E-state index in [2.05, 4.69) is 18.6 Å². The van der Waals surface area contributed by atoms with Crippen molar-refractivity contribution in [1.82, 2.24) is 4.72 Å². The van der Waals surface area contributed by atoms with Crippen molar-refractivity contribution in [1.29, 1.82) is 0 Å². The van der Waals surface area contributed by atoms with Crippen molar-refractivity contribution in [2.75, 3.05) is 0 Å². The first-order valence-electron chi connectivity index (χ1n) is 6.66. The van der Waals surface area contributed by atoms with Crippen LogP contribution in [0.15, 0.2) is 29.2 Å². The molecule has 19 heavy (non-hydrogen) atoms. The summed E-state index contributed by atoms with van der Waals surface area (Å²) in [6.45, 7) is 4.18. The zero-order valence-electron chi connectivity index (χ0n) is 11.3. The van der Waals surface area contributed by atoms with Gasteiger partial charge in [0.1, 0.15) is 0 Å². The predicted molar refractivity (Wildman–Crippen MR) is 74.0 cm³/mol. The second-order valence-electron chi connectivity index (χ2n) is 5.44. The Bertz CT molecular complexity index is 524. The standard InChI is InChI=1S/C14H21NO3S/c1-10-3-8-14(11(10)2)15-19(17,18)13-6-4-12(9-16)5-7-13/h4-7,10-11,14-16H,3,8-9H2,1-2H3. The van der Waals surface area contributed by atoms with Crippen LogP contribution in [0.1, 0.15) is 32.3 Å². The molecule has 5 heteroatoms. The third-order valence-electron chi connectivity index (χ3n) is 4.19. The van der Waals surface area contributed by atoms with Crippen molar-refractivity contribution in [2.45, 2.75) is 44.2 Å². The summed E-state index contributed by atoms with van der Waals surface area (Å²) < 4.78 is 27.3. The lowest BCUT2D eigenvalue weighted by atomic mass is 9.98. The van der Waals surface area contributed by atoms with Crippen LogP contribution >= 0.6 is 0 Å². The van der Waals surface area contributed by atoms with Crippen molar-refractivity contribution in [3.05, 3.63) is 29.8 Å². The molecular formula is C14H21NO3S. The summed E-state index contributed by atoms with van der Waals surface area (Å²) in [5.41, 5.74) is 0.710. The van der Waals surface area contributed by atoms with Crippen LogP contribution in [0.5, 0.6) is 0 Å². The van der Waals surface area contributed by atoms with E-state index in [-0.39, 0.29) is 17.5 Å².